The van der Waals surface area contributed by atoms with E-state index in [-0.39, 0.29) is 0 Å². The van der Waals surface area contributed by atoms with Crippen LogP contribution in [0.5, 0.6) is 0 Å². The molecule has 90 valence electrons. The van der Waals surface area contributed by atoms with Crippen molar-refractivity contribution in [2.75, 3.05) is 6.54 Å². The summed E-state index contributed by atoms with van der Waals surface area (Å²) in [5.74, 6) is -2.49. The topological polar surface area (TPSA) is 129 Å². The zero-order valence-electron chi connectivity index (χ0n) is 7.87. The number of alkyl halides is 1. The molecule has 0 bridgehead atoms. The summed E-state index contributed by atoms with van der Waals surface area (Å²) in [5, 5.41) is 7.73. The van der Waals surface area contributed by atoms with Gasteiger partial charge in [-0.15, -0.1) is 0 Å². The summed E-state index contributed by atoms with van der Waals surface area (Å²) in [6.07, 6.45) is -1.19. The van der Waals surface area contributed by atoms with E-state index in [1.807, 2.05) is 4.98 Å². The Bertz CT molecular complexity index is 455. The lowest BCUT2D eigenvalue weighted by Crippen LogP contribution is -2.24. The summed E-state index contributed by atoms with van der Waals surface area (Å²) >= 11 is 0. The average molecular weight is 237 g/mol. The van der Waals surface area contributed by atoms with Crippen molar-refractivity contribution in [3.05, 3.63) is 32.9 Å². The number of nitrogens with two attached hydrogens (primary N) is 1. The molecule has 0 spiro atoms. The van der Waals surface area contributed by atoms with Gasteiger partial charge in [-0.3, -0.25) is 9.78 Å². The number of aromatic nitrogens is 2. The lowest BCUT2D eigenvalue weighted by Gasteiger charge is -1.92. The molecule has 9 heteroatoms. The fourth-order valence-electron chi connectivity index (χ4n) is 0.494. The minimum atomic E-state index is -1.90. The molecule has 0 aliphatic heterocycles. The van der Waals surface area contributed by atoms with Gasteiger partial charge in [0, 0.05) is 12.7 Å². The van der Waals surface area contributed by atoms with Gasteiger partial charge in [-0.2, -0.15) is 4.39 Å². The molecule has 1 atom stereocenters. The van der Waals surface area contributed by atoms with Gasteiger partial charge in [0.15, 0.2) is 0 Å². The third-order valence-corrected chi connectivity index (χ3v) is 1.25. The van der Waals surface area contributed by atoms with E-state index >= 15 is 0 Å². The van der Waals surface area contributed by atoms with E-state index in [9.17, 15) is 23.2 Å². The number of rotatable bonds is 2. The van der Waals surface area contributed by atoms with E-state index in [1.54, 1.807) is 4.98 Å². The predicted molar refractivity (Wildman–Crippen MR) is 49.2 cm³/mol. The fraction of sp³-hybridized carbons (Fsp3) is 0.286. The molecule has 0 aromatic carbocycles. The van der Waals surface area contributed by atoms with E-state index in [1.165, 1.54) is 0 Å². The summed E-state index contributed by atoms with van der Waals surface area (Å²) in [7, 11) is 0. The lowest BCUT2D eigenvalue weighted by atomic mass is 10.4. The van der Waals surface area contributed by atoms with Crippen LogP contribution < -0.4 is 17.0 Å². The summed E-state index contributed by atoms with van der Waals surface area (Å²) in [4.78, 5) is 33.5. The number of aliphatic carboxylic acids is 1. The number of halogens is 2. The first-order chi connectivity index (χ1) is 7.38. The third kappa shape index (κ3) is 5.00. The predicted octanol–water partition coefficient (Wildman–Crippen LogP) is -1.43. The van der Waals surface area contributed by atoms with Crippen LogP contribution in [0.2, 0.25) is 0 Å². The molecule has 0 saturated heterocycles. The van der Waals surface area contributed by atoms with Crippen molar-refractivity contribution >= 4 is 5.97 Å². The number of hydrogen-bond donors (Lipinski definition) is 4. The zero-order valence-corrected chi connectivity index (χ0v) is 7.87. The molecule has 0 aliphatic carbocycles. The van der Waals surface area contributed by atoms with Crippen molar-refractivity contribution in [2.45, 2.75) is 6.17 Å². The molecule has 0 saturated carbocycles. The molecule has 7 nitrogen and oxygen atoms in total. The van der Waals surface area contributed by atoms with Crippen LogP contribution in [-0.4, -0.2) is 33.8 Å². The highest BCUT2D eigenvalue weighted by Gasteiger charge is 2.10. The molecule has 0 fully saturated rings. The summed E-state index contributed by atoms with van der Waals surface area (Å²) in [6.45, 7) is -0.449. The largest absolute Gasteiger partial charge is 0.479 e. The van der Waals surface area contributed by atoms with Crippen LogP contribution in [-0.2, 0) is 4.79 Å². The number of hydrogen-bond acceptors (Lipinski definition) is 4. The van der Waals surface area contributed by atoms with Crippen LogP contribution >= 0.6 is 0 Å². The second kappa shape index (κ2) is 6.45. The smallest absolute Gasteiger partial charge is 0.339 e. The van der Waals surface area contributed by atoms with Gasteiger partial charge in [-0.1, -0.05) is 0 Å². The standard InChI is InChI=1S/C4H3FN2O2.C3H6FNO2/c5-2-1-6-4(9)7-3(2)8;4-2(1-5)3(6)7/h1H,(H2,6,7,8,9);2H,1,5H2,(H,6,7). The molecule has 1 rings (SSSR count). The van der Waals surface area contributed by atoms with Gasteiger partial charge in [-0.25, -0.2) is 14.0 Å². The van der Waals surface area contributed by atoms with Crippen LogP contribution in [0.3, 0.4) is 0 Å². The molecule has 5 N–H and O–H groups in total. The summed E-state index contributed by atoms with van der Waals surface area (Å²) in [5.41, 5.74) is 2.91. The first-order valence-corrected chi connectivity index (χ1v) is 3.93. The van der Waals surface area contributed by atoms with Crippen molar-refractivity contribution in [3.63, 3.8) is 0 Å². The molecular weight excluding hydrogens is 228 g/mol. The van der Waals surface area contributed by atoms with Crippen LogP contribution in [0, 0.1) is 5.82 Å². The molecule has 1 heterocycles. The highest BCUT2D eigenvalue weighted by Crippen LogP contribution is 1.83. The van der Waals surface area contributed by atoms with Crippen molar-refractivity contribution < 1.29 is 18.7 Å². The average Bonchev–Trinajstić information content (AvgIpc) is 2.23. The van der Waals surface area contributed by atoms with E-state index in [0.717, 1.165) is 0 Å². The van der Waals surface area contributed by atoms with Gasteiger partial charge in [0.25, 0.3) is 5.56 Å². The Labute approximate surface area is 86.9 Å². The maximum Gasteiger partial charge on any atom is 0.339 e. The van der Waals surface area contributed by atoms with Crippen LogP contribution in [0.25, 0.3) is 0 Å². The van der Waals surface area contributed by atoms with Crippen molar-refractivity contribution in [1.29, 1.82) is 0 Å². The Morgan fingerprint density at radius 2 is 2.12 bits per heavy atom. The van der Waals surface area contributed by atoms with Gasteiger partial charge >= 0.3 is 11.7 Å². The normalized spacial score (nSPS) is 11.2. The number of nitrogens with one attached hydrogen (secondary N) is 2. The number of carboxylic acid groups (broad SMARTS) is 1. The lowest BCUT2D eigenvalue weighted by molar-refractivity contribution is -0.142. The van der Waals surface area contributed by atoms with Gasteiger partial charge in [-0.05, 0) is 0 Å². The van der Waals surface area contributed by atoms with E-state index < -0.39 is 35.8 Å². The molecule has 0 aliphatic rings. The molecule has 1 unspecified atom stereocenters. The van der Waals surface area contributed by atoms with Gasteiger partial charge < -0.3 is 15.8 Å². The SMILES string of the molecule is NCC(F)C(=O)O.O=c1[nH]cc(F)c(=O)[nH]1. The van der Waals surface area contributed by atoms with Gasteiger partial charge in [0.05, 0.1) is 0 Å². The van der Waals surface area contributed by atoms with Gasteiger partial charge in [0.2, 0.25) is 12.0 Å². The number of aromatic amines is 2. The number of H-pyrrole nitrogens is 2. The van der Waals surface area contributed by atoms with Crippen molar-refractivity contribution in [2.24, 2.45) is 5.73 Å². The fourth-order valence-corrected chi connectivity index (χ4v) is 0.494. The summed E-state index contributed by atoms with van der Waals surface area (Å²) < 4.78 is 23.5. The first kappa shape index (κ1) is 14.0. The third-order valence-electron chi connectivity index (χ3n) is 1.25. The number of carbonyl (C=O) groups is 1. The second-order valence-corrected chi connectivity index (χ2v) is 2.46. The van der Waals surface area contributed by atoms with Crippen LogP contribution in [0.1, 0.15) is 0 Å². The van der Waals surface area contributed by atoms with Crippen LogP contribution in [0.4, 0.5) is 8.78 Å². The summed E-state index contributed by atoms with van der Waals surface area (Å²) in [6, 6.07) is 0. The quantitative estimate of drug-likeness (QED) is 0.501. The Morgan fingerprint density at radius 1 is 1.56 bits per heavy atom. The molecule has 16 heavy (non-hydrogen) atoms. The molecule has 0 radical (unpaired) electrons. The maximum atomic E-state index is 12.0. The van der Waals surface area contributed by atoms with Crippen molar-refractivity contribution in [3.8, 4) is 0 Å². The first-order valence-electron chi connectivity index (χ1n) is 3.93. The second-order valence-electron chi connectivity index (χ2n) is 2.46. The highest BCUT2D eigenvalue weighted by molar-refractivity contribution is 5.72. The van der Waals surface area contributed by atoms with Gasteiger partial charge in [0.1, 0.15) is 0 Å². The Hall–Kier alpha value is -2.03. The molecule has 1 aromatic heterocycles. The Balaban J connectivity index is 0.000000293. The minimum Gasteiger partial charge on any atom is -0.479 e. The molecular formula is C7H9F2N3O4. The zero-order chi connectivity index (χ0) is 12.7. The van der Waals surface area contributed by atoms with Crippen LogP contribution in [0.15, 0.2) is 15.8 Å². The van der Waals surface area contributed by atoms with Crippen molar-refractivity contribution in [1.82, 2.24) is 9.97 Å². The van der Waals surface area contributed by atoms with E-state index in [2.05, 4.69) is 5.73 Å². The maximum absolute atomic E-state index is 12.0. The highest BCUT2D eigenvalue weighted by atomic mass is 19.1. The molecule has 1 aromatic rings. The van der Waals surface area contributed by atoms with E-state index in [0.29, 0.717) is 6.20 Å². The monoisotopic (exact) mass is 237 g/mol. The Kier molecular flexibility index (Phi) is 5.63. The molecule has 0 amide bonds. The minimum absolute atomic E-state index is 0.449. The Morgan fingerprint density at radius 3 is 2.38 bits per heavy atom. The van der Waals surface area contributed by atoms with E-state index in [4.69, 9.17) is 5.11 Å². The number of carboxylic acids is 1.